The number of nitrogens with one attached hydrogen (secondary N) is 2. The normalized spacial score (nSPS) is 15.8. The Morgan fingerprint density at radius 1 is 1.15 bits per heavy atom. The van der Waals surface area contributed by atoms with Crippen LogP contribution in [-0.2, 0) is 4.74 Å². The van der Waals surface area contributed by atoms with Gasteiger partial charge in [-0.25, -0.2) is 4.39 Å². The smallest absolute Gasteiger partial charge is 0.170 e. The van der Waals surface area contributed by atoms with Crippen molar-refractivity contribution in [1.29, 1.82) is 0 Å². The molecule has 2 aromatic rings. The number of halogens is 1. The number of ether oxygens (including phenoxy) is 2. The molecule has 0 saturated carbocycles. The summed E-state index contributed by atoms with van der Waals surface area (Å²) in [5.74, 6) is 0.562. The summed E-state index contributed by atoms with van der Waals surface area (Å²) in [6.45, 7) is 3.85. The van der Waals surface area contributed by atoms with E-state index >= 15 is 0 Å². The summed E-state index contributed by atoms with van der Waals surface area (Å²) in [7, 11) is 1.66. The molecule has 0 spiro atoms. The van der Waals surface area contributed by atoms with E-state index in [9.17, 15) is 4.39 Å². The molecule has 1 aliphatic heterocycles. The van der Waals surface area contributed by atoms with E-state index in [1.165, 1.54) is 17.7 Å². The van der Waals surface area contributed by atoms with Gasteiger partial charge in [-0.05, 0) is 54.2 Å². The molecule has 0 aliphatic carbocycles. The number of benzene rings is 2. The van der Waals surface area contributed by atoms with Crippen LogP contribution < -0.4 is 15.4 Å². The molecular weight excluding hydrogens is 365 g/mol. The van der Waals surface area contributed by atoms with Crippen molar-refractivity contribution in [3.8, 4) is 5.75 Å². The van der Waals surface area contributed by atoms with Crippen molar-refractivity contribution < 1.29 is 13.9 Å². The summed E-state index contributed by atoms with van der Waals surface area (Å²) in [6, 6.07) is 14.4. The van der Waals surface area contributed by atoms with E-state index in [1.54, 1.807) is 19.2 Å². The number of rotatable bonds is 6. The van der Waals surface area contributed by atoms with E-state index < -0.39 is 0 Å². The number of morpholine rings is 1. The first-order chi connectivity index (χ1) is 13.2. The third-order valence-corrected chi connectivity index (χ3v) is 4.79. The molecule has 1 atom stereocenters. The zero-order valence-corrected chi connectivity index (χ0v) is 16.1. The molecule has 0 aromatic heterocycles. The summed E-state index contributed by atoms with van der Waals surface area (Å²) in [6.07, 6.45) is 0. The van der Waals surface area contributed by atoms with Crippen LogP contribution >= 0.6 is 12.2 Å². The molecule has 3 rings (SSSR count). The average Bonchev–Trinajstić information content (AvgIpc) is 2.71. The first kappa shape index (κ1) is 19.5. The quantitative estimate of drug-likeness (QED) is 0.740. The van der Waals surface area contributed by atoms with Gasteiger partial charge >= 0.3 is 0 Å². The van der Waals surface area contributed by atoms with E-state index in [1.807, 2.05) is 12.1 Å². The van der Waals surface area contributed by atoms with Gasteiger partial charge in [0.2, 0.25) is 0 Å². The van der Waals surface area contributed by atoms with E-state index in [0.717, 1.165) is 37.7 Å². The number of hydrogen-bond acceptors (Lipinski definition) is 4. The Labute approximate surface area is 164 Å². The molecule has 2 N–H and O–H groups in total. The van der Waals surface area contributed by atoms with Crippen molar-refractivity contribution in [2.45, 2.75) is 6.04 Å². The first-order valence-electron chi connectivity index (χ1n) is 8.92. The third-order valence-electron chi connectivity index (χ3n) is 4.55. The van der Waals surface area contributed by atoms with Crippen molar-refractivity contribution in [1.82, 2.24) is 10.2 Å². The van der Waals surface area contributed by atoms with Crippen LogP contribution in [-0.4, -0.2) is 50.0 Å². The van der Waals surface area contributed by atoms with Crippen molar-refractivity contribution in [2.24, 2.45) is 0 Å². The Kier molecular flexibility index (Phi) is 6.98. The van der Waals surface area contributed by atoms with Crippen LogP contribution in [0.3, 0.4) is 0 Å². The molecule has 2 aromatic carbocycles. The Bertz CT molecular complexity index is 734. The zero-order valence-electron chi connectivity index (χ0n) is 15.3. The van der Waals surface area contributed by atoms with Gasteiger partial charge in [-0.3, -0.25) is 4.90 Å². The van der Waals surface area contributed by atoms with Crippen LogP contribution in [0.2, 0.25) is 0 Å². The average molecular weight is 389 g/mol. The molecule has 1 aliphatic rings. The van der Waals surface area contributed by atoms with Gasteiger partial charge in [-0.15, -0.1) is 0 Å². The topological polar surface area (TPSA) is 45.8 Å². The minimum absolute atomic E-state index is 0.160. The summed E-state index contributed by atoms with van der Waals surface area (Å²) in [5.41, 5.74) is 1.94. The third kappa shape index (κ3) is 5.63. The van der Waals surface area contributed by atoms with Gasteiger partial charge in [0.15, 0.2) is 5.11 Å². The Hall–Kier alpha value is -2.22. The van der Waals surface area contributed by atoms with Crippen molar-refractivity contribution in [2.75, 3.05) is 45.3 Å². The van der Waals surface area contributed by atoms with Crippen LogP contribution in [0, 0.1) is 5.82 Å². The molecule has 144 valence electrons. The van der Waals surface area contributed by atoms with E-state index in [-0.39, 0.29) is 11.9 Å². The molecule has 0 radical (unpaired) electrons. The SMILES string of the molecule is COc1ccc([C@H](CNC(=S)Nc2ccc(F)cc2)N2CCOCC2)cc1. The molecule has 1 heterocycles. The van der Waals surface area contributed by atoms with Crippen molar-refractivity contribution in [3.63, 3.8) is 0 Å². The summed E-state index contributed by atoms with van der Waals surface area (Å²) in [4.78, 5) is 2.39. The zero-order chi connectivity index (χ0) is 19.1. The van der Waals surface area contributed by atoms with Crippen molar-refractivity contribution >= 4 is 23.0 Å². The lowest BCUT2D eigenvalue weighted by Crippen LogP contribution is -2.44. The van der Waals surface area contributed by atoms with Crippen molar-refractivity contribution in [3.05, 3.63) is 59.9 Å². The lowest BCUT2D eigenvalue weighted by Gasteiger charge is -2.35. The van der Waals surface area contributed by atoms with Gasteiger partial charge in [0.25, 0.3) is 0 Å². The molecule has 1 saturated heterocycles. The molecule has 5 nitrogen and oxygen atoms in total. The highest BCUT2D eigenvalue weighted by Gasteiger charge is 2.22. The maximum Gasteiger partial charge on any atom is 0.170 e. The Balaban J connectivity index is 1.64. The lowest BCUT2D eigenvalue weighted by atomic mass is 10.0. The van der Waals surface area contributed by atoms with E-state index in [2.05, 4.69) is 27.7 Å². The van der Waals surface area contributed by atoms with Gasteiger partial charge in [-0.2, -0.15) is 0 Å². The minimum Gasteiger partial charge on any atom is -0.497 e. The highest BCUT2D eigenvalue weighted by Crippen LogP contribution is 2.23. The molecule has 7 heteroatoms. The largest absolute Gasteiger partial charge is 0.497 e. The molecule has 0 unspecified atom stereocenters. The second-order valence-corrected chi connectivity index (χ2v) is 6.69. The number of hydrogen-bond donors (Lipinski definition) is 2. The highest BCUT2D eigenvalue weighted by molar-refractivity contribution is 7.80. The van der Waals surface area contributed by atoms with Gasteiger partial charge in [-0.1, -0.05) is 12.1 Å². The summed E-state index contributed by atoms with van der Waals surface area (Å²) < 4.78 is 23.8. The van der Waals surface area contributed by atoms with E-state index in [0.29, 0.717) is 11.7 Å². The minimum atomic E-state index is -0.272. The van der Waals surface area contributed by atoms with Gasteiger partial charge < -0.3 is 20.1 Å². The monoisotopic (exact) mass is 389 g/mol. The fourth-order valence-corrected chi connectivity index (χ4v) is 3.27. The maximum absolute atomic E-state index is 13.0. The van der Waals surface area contributed by atoms with Crippen LogP contribution in [0.25, 0.3) is 0 Å². The number of anilines is 1. The standard InChI is InChI=1S/C20H24FN3O2S/c1-25-18-8-2-15(3-9-18)19(24-10-12-26-13-11-24)14-22-20(27)23-17-6-4-16(21)5-7-17/h2-9,19H,10-14H2,1H3,(H2,22,23,27)/t19-/m0/s1. The van der Waals surface area contributed by atoms with Gasteiger partial charge in [0, 0.05) is 25.3 Å². The van der Waals surface area contributed by atoms with Gasteiger partial charge in [0.1, 0.15) is 11.6 Å². The maximum atomic E-state index is 13.0. The molecule has 27 heavy (non-hydrogen) atoms. The molecular formula is C20H24FN3O2S. The lowest BCUT2D eigenvalue weighted by molar-refractivity contribution is 0.0170. The molecule has 0 amide bonds. The summed E-state index contributed by atoms with van der Waals surface area (Å²) >= 11 is 5.40. The molecule has 1 fully saturated rings. The Morgan fingerprint density at radius 2 is 1.81 bits per heavy atom. The van der Waals surface area contributed by atoms with Gasteiger partial charge in [0.05, 0.1) is 26.4 Å². The highest BCUT2D eigenvalue weighted by atomic mass is 32.1. The first-order valence-corrected chi connectivity index (χ1v) is 9.32. The number of methoxy groups -OCH3 is 1. The fraction of sp³-hybridized carbons (Fsp3) is 0.350. The van der Waals surface area contributed by atoms with Crippen LogP contribution in [0.4, 0.5) is 10.1 Å². The fourth-order valence-electron chi connectivity index (χ4n) is 3.07. The molecule has 0 bridgehead atoms. The van der Waals surface area contributed by atoms with Crippen LogP contribution in [0.1, 0.15) is 11.6 Å². The van der Waals surface area contributed by atoms with Crippen LogP contribution in [0.5, 0.6) is 5.75 Å². The predicted molar refractivity (Wildman–Crippen MR) is 109 cm³/mol. The second kappa shape index (κ2) is 9.64. The summed E-state index contributed by atoms with van der Waals surface area (Å²) in [5, 5.41) is 6.88. The van der Waals surface area contributed by atoms with Crippen LogP contribution in [0.15, 0.2) is 48.5 Å². The number of nitrogens with zero attached hydrogens (tertiary/aromatic N) is 1. The van der Waals surface area contributed by atoms with E-state index in [4.69, 9.17) is 21.7 Å². The second-order valence-electron chi connectivity index (χ2n) is 6.28. The predicted octanol–water partition coefficient (Wildman–Crippen LogP) is 3.19. The number of thiocarbonyl (C=S) groups is 1. The Morgan fingerprint density at radius 3 is 2.44 bits per heavy atom.